The molecule has 186 valence electrons. The van der Waals surface area contributed by atoms with Gasteiger partial charge in [0.1, 0.15) is 27.8 Å². The van der Waals surface area contributed by atoms with Crippen LogP contribution < -0.4 is 4.90 Å². The number of pyridine rings is 1. The fourth-order valence-electron chi connectivity index (χ4n) is 2.63. The van der Waals surface area contributed by atoms with E-state index in [9.17, 15) is 19.2 Å². The van der Waals surface area contributed by atoms with Crippen LogP contribution >= 0.6 is 0 Å². The number of fused-ring (bicyclic) bond motifs is 1. The van der Waals surface area contributed by atoms with Crippen molar-refractivity contribution >= 4 is 40.9 Å². The fourth-order valence-corrected chi connectivity index (χ4v) is 2.63. The Bertz CT molecular complexity index is 1100. The van der Waals surface area contributed by atoms with Gasteiger partial charge in [-0.15, -0.1) is 5.10 Å². The summed E-state index contributed by atoms with van der Waals surface area (Å²) in [5.41, 5.74) is -2.50. The molecule has 0 saturated carbocycles. The number of amides is 2. The fraction of sp³-hybridized carbons (Fsp3) is 0.565. The second kappa shape index (κ2) is 9.03. The minimum absolute atomic E-state index is 0.00687. The number of aromatic nitrogens is 3. The number of imide groups is 1. The molecule has 0 aliphatic carbocycles. The minimum Gasteiger partial charge on any atom is -0.443 e. The van der Waals surface area contributed by atoms with Crippen molar-refractivity contribution in [3.8, 4) is 0 Å². The number of hydrogen-bond donors (Lipinski definition) is 0. The molecule has 0 N–H and O–H groups in total. The number of carbonyl (C=O) groups is 4. The SMILES string of the molecule is CC(=O)c1cnc2c(N(C(=O)OC(C)(C)C)C(=O)OC(C)(C)C)nn(C(=O)OC(C)(C)C)c2c1. The summed E-state index contributed by atoms with van der Waals surface area (Å²) in [6, 6.07) is 1.38. The van der Waals surface area contributed by atoms with Crippen LogP contribution in [0, 0.1) is 0 Å². The summed E-state index contributed by atoms with van der Waals surface area (Å²) in [5.74, 6) is -0.608. The highest BCUT2D eigenvalue weighted by atomic mass is 16.6. The number of rotatable bonds is 2. The first-order chi connectivity index (χ1) is 15.3. The minimum atomic E-state index is -1.07. The van der Waals surface area contributed by atoms with Gasteiger partial charge in [0.2, 0.25) is 0 Å². The summed E-state index contributed by atoms with van der Waals surface area (Å²) in [6.07, 6.45) is -1.78. The average molecular weight is 477 g/mol. The second-order valence-electron chi connectivity index (χ2n) is 10.7. The number of ketones is 1. The van der Waals surface area contributed by atoms with E-state index in [2.05, 4.69) is 10.1 Å². The van der Waals surface area contributed by atoms with Crippen LogP contribution in [0.15, 0.2) is 12.3 Å². The molecule has 2 aromatic rings. The van der Waals surface area contributed by atoms with E-state index in [1.165, 1.54) is 19.2 Å². The van der Waals surface area contributed by atoms with Crippen molar-refractivity contribution in [2.24, 2.45) is 0 Å². The van der Waals surface area contributed by atoms with Crippen LogP contribution in [0.4, 0.5) is 20.2 Å². The normalized spacial score (nSPS) is 12.3. The Morgan fingerprint density at radius 2 is 1.29 bits per heavy atom. The van der Waals surface area contributed by atoms with Gasteiger partial charge >= 0.3 is 18.3 Å². The van der Waals surface area contributed by atoms with Crippen molar-refractivity contribution in [1.82, 2.24) is 14.8 Å². The molecule has 0 unspecified atom stereocenters. The largest absolute Gasteiger partial charge is 0.443 e. The van der Waals surface area contributed by atoms with E-state index < -0.39 is 35.1 Å². The standard InChI is InChI=1S/C23H32N4O7/c1-13(28)14-11-15-16(24-12-14)17(25-27(15)20(31)34-23(8,9)10)26(18(29)32-21(2,3)4)19(30)33-22(5,6)7/h11-12H,1-10H3. The van der Waals surface area contributed by atoms with Gasteiger partial charge in [-0.1, -0.05) is 0 Å². The van der Waals surface area contributed by atoms with Crippen LogP contribution in [-0.4, -0.2) is 55.6 Å². The van der Waals surface area contributed by atoms with Gasteiger partial charge in [0.25, 0.3) is 0 Å². The number of carbonyl (C=O) groups excluding carboxylic acids is 4. The number of Topliss-reactive ketones (excluding diaryl/α,β-unsaturated/α-hetero) is 1. The van der Waals surface area contributed by atoms with Crippen molar-refractivity contribution in [2.75, 3.05) is 4.90 Å². The van der Waals surface area contributed by atoms with Crippen molar-refractivity contribution in [3.05, 3.63) is 17.8 Å². The number of hydrogen-bond acceptors (Lipinski definition) is 9. The predicted octanol–water partition coefficient (Wildman–Crippen LogP) is 5.09. The lowest BCUT2D eigenvalue weighted by atomic mass is 10.2. The molecular weight excluding hydrogens is 444 g/mol. The summed E-state index contributed by atoms with van der Waals surface area (Å²) in [4.78, 5) is 55.7. The van der Waals surface area contributed by atoms with Crippen LogP contribution in [0.2, 0.25) is 0 Å². The Hall–Kier alpha value is -3.50. The molecule has 0 fully saturated rings. The van der Waals surface area contributed by atoms with E-state index in [4.69, 9.17) is 14.2 Å². The molecule has 0 aliphatic heterocycles. The molecule has 2 heterocycles. The third-order valence-electron chi connectivity index (χ3n) is 3.84. The second-order valence-corrected chi connectivity index (χ2v) is 10.7. The molecule has 11 heteroatoms. The van der Waals surface area contributed by atoms with Crippen molar-refractivity contribution in [3.63, 3.8) is 0 Å². The van der Waals surface area contributed by atoms with Gasteiger partial charge in [0.15, 0.2) is 11.6 Å². The summed E-state index contributed by atoms with van der Waals surface area (Å²) >= 11 is 0. The zero-order valence-electron chi connectivity index (χ0n) is 21.3. The highest BCUT2D eigenvalue weighted by Crippen LogP contribution is 2.29. The van der Waals surface area contributed by atoms with E-state index in [-0.39, 0.29) is 28.2 Å². The molecule has 0 aromatic carbocycles. The van der Waals surface area contributed by atoms with Crippen LogP contribution in [0.3, 0.4) is 0 Å². The molecule has 0 bridgehead atoms. The van der Waals surface area contributed by atoms with Crippen molar-refractivity contribution in [2.45, 2.75) is 86.0 Å². The summed E-state index contributed by atoms with van der Waals surface area (Å²) in [6.45, 7) is 16.1. The monoisotopic (exact) mass is 476 g/mol. The average Bonchev–Trinajstić information content (AvgIpc) is 2.96. The topological polar surface area (TPSA) is 130 Å². The van der Waals surface area contributed by atoms with Gasteiger partial charge in [-0.25, -0.2) is 19.4 Å². The zero-order chi connectivity index (χ0) is 26.2. The van der Waals surface area contributed by atoms with Gasteiger partial charge in [-0.2, -0.15) is 9.58 Å². The maximum absolute atomic E-state index is 13.1. The van der Waals surface area contributed by atoms with Gasteiger partial charge in [0, 0.05) is 11.8 Å². The third-order valence-corrected chi connectivity index (χ3v) is 3.84. The van der Waals surface area contributed by atoms with Crippen LogP contribution in [0.5, 0.6) is 0 Å². The van der Waals surface area contributed by atoms with Crippen LogP contribution in [0.1, 0.15) is 79.6 Å². The summed E-state index contributed by atoms with van der Waals surface area (Å²) < 4.78 is 17.0. The van der Waals surface area contributed by atoms with Gasteiger partial charge in [-0.3, -0.25) is 4.79 Å². The predicted molar refractivity (Wildman–Crippen MR) is 124 cm³/mol. The molecular formula is C23H32N4O7. The Labute approximate surface area is 198 Å². The van der Waals surface area contributed by atoms with E-state index in [0.29, 0.717) is 4.90 Å². The lowest BCUT2D eigenvalue weighted by Gasteiger charge is -2.27. The smallest absolute Gasteiger partial charge is 0.435 e. The van der Waals surface area contributed by atoms with Gasteiger partial charge < -0.3 is 14.2 Å². The highest BCUT2D eigenvalue weighted by molar-refractivity contribution is 6.14. The first kappa shape index (κ1) is 26.7. The number of ether oxygens (including phenoxy) is 3. The zero-order valence-corrected chi connectivity index (χ0v) is 21.3. The van der Waals surface area contributed by atoms with E-state index in [0.717, 1.165) is 4.68 Å². The molecule has 11 nitrogen and oxygen atoms in total. The number of nitrogens with zero attached hydrogens (tertiary/aromatic N) is 4. The van der Waals surface area contributed by atoms with Gasteiger partial charge in [-0.05, 0) is 75.3 Å². The van der Waals surface area contributed by atoms with Gasteiger partial charge in [0.05, 0.1) is 0 Å². The summed E-state index contributed by atoms with van der Waals surface area (Å²) in [7, 11) is 0. The lowest BCUT2D eigenvalue weighted by Crippen LogP contribution is -2.44. The molecule has 0 atom stereocenters. The molecule has 0 radical (unpaired) electrons. The molecule has 2 amide bonds. The Morgan fingerprint density at radius 1 is 0.824 bits per heavy atom. The maximum atomic E-state index is 13.1. The van der Waals surface area contributed by atoms with E-state index in [1.807, 2.05) is 0 Å². The molecule has 0 saturated heterocycles. The lowest BCUT2D eigenvalue weighted by molar-refractivity contribution is 0.0420. The molecule has 34 heavy (non-hydrogen) atoms. The van der Waals surface area contributed by atoms with Crippen LogP contribution in [-0.2, 0) is 14.2 Å². The quantitative estimate of drug-likeness (QED) is 0.429. The molecule has 0 spiro atoms. The molecule has 0 aliphatic rings. The van der Waals surface area contributed by atoms with Crippen LogP contribution in [0.25, 0.3) is 11.0 Å². The van der Waals surface area contributed by atoms with Crippen molar-refractivity contribution < 1.29 is 33.4 Å². The van der Waals surface area contributed by atoms with E-state index in [1.54, 1.807) is 62.3 Å². The Kier molecular flexibility index (Phi) is 7.11. The maximum Gasteiger partial charge on any atom is 0.435 e. The first-order valence-electron chi connectivity index (χ1n) is 10.7. The Balaban J connectivity index is 2.78. The Morgan fingerprint density at radius 3 is 1.71 bits per heavy atom. The molecule has 2 rings (SSSR count). The third kappa shape index (κ3) is 6.75. The van der Waals surface area contributed by atoms with E-state index >= 15 is 0 Å². The molecule has 2 aromatic heterocycles. The van der Waals surface area contributed by atoms with Crippen molar-refractivity contribution in [1.29, 1.82) is 0 Å². The number of anilines is 1. The summed E-state index contributed by atoms with van der Waals surface area (Å²) in [5, 5.41) is 4.17. The highest BCUT2D eigenvalue weighted by Gasteiger charge is 2.37. The first-order valence-corrected chi connectivity index (χ1v) is 10.7.